The first-order valence-corrected chi connectivity index (χ1v) is 17.8. The molecule has 12 atom stereocenters. The molecule has 3 unspecified atom stereocenters. The van der Waals surface area contributed by atoms with Crippen molar-refractivity contribution in [3.05, 3.63) is 35.9 Å². The molecule has 0 radical (unpaired) electrons. The largest absolute Gasteiger partial charge is 0.458 e. The maximum absolute atomic E-state index is 13.2. The van der Waals surface area contributed by atoms with Crippen molar-refractivity contribution in [2.75, 3.05) is 21.3 Å². The number of carbonyl (C=O) groups is 1. The SMILES string of the molecule is CO[C@H]1CC2C3(CC[C@]4(C)[C@@H](C5CC[C@@H](C(C)(C)OC)O5)[C@@H](OC)C[C@@]24C)C[C@@]32CC[C@H](OC(=O)c3ccccc3)C(C)(C)[C@H]12. The van der Waals surface area contributed by atoms with Gasteiger partial charge in [-0.1, -0.05) is 45.9 Å². The third kappa shape index (κ3) is 4.23. The summed E-state index contributed by atoms with van der Waals surface area (Å²) in [5, 5.41) is 0. The summed E-state index contributed by atoms with van der Waals surface area (Å²) in [6, 6.07) is 9.47. The van der Waals surface area contributed by atoms with Gasteiger partial charge in [0.25, 0.3) is 0 Å². The Bertz CT molecular complexity index is 1290. The van der Waals surface area contributed by atoms with Crippen LogP contribution >= 0.6 is 0 Å². The maximum atomic E-state index is 13.2. The average Bonchev–Trinajstić information content (AvgIpc) is 3.27. The zero-order chi connectivity index (χ0) is 32.2. The van der Waals surface area contributed by atoms with Crippen molar-refractivity contribution in [2.45, 2.75) is 135 Å². The Morgan fingerprint density at radius 1 is 0.867 bits per heavy atom. The number of esters is 1. The van der Waals surface area contributed by atoms with E-state index >= 15 is 0 Å². The molecule has 6 nitrogen and oxygen atoms in total. The third-order valence-corrected chi connectivity index (χ3v) is 15.6. The quantitative estimate of drug-likeness (QED) is 0.289. The molecule has 7 rings (SSSR count). The fourth-order valence-corrected chi connectivity index (χ4v) is 13.1. The number of hydrogen-bond donors (Lipinski definition) is 0. The Morgan fingerprint density at radius 3 is 2.24 bits per heavy atom. The van der Waals surface area contributed by atoms with Crippen LogP contribution in [0.25, 0.3) is 0 Å². The van der Waals surface area contributed by atoms with Crippen molar-refractivity contribution in [1.29, 1.82) is 0 Å². The highest BCUT2D eigenvalue weighted by Crippen LogP contribution is 2.89. The van der Waals surface area contributed by atoms with E-state index in [0.717, 1.165) is 38.5 Å². The minimum Gasteiger partial charge on any atom is -0.458 e. The first-order chi connectivity index (χ1) is 21.2. The zero-order valence-electron chi connectivity index (χ0n) is 29.3. The predicted molar refractivity (Wildman–Crippen MR) is 174 cm³/mol. The van der Waals surface area contributed by atoms with Crippen molar-refractivity contribution in [2.24, 2.45) is 44.8 Å². The van der Waals surface area contributed by atoms with Crippen molar-refractivity contribution in [1.82, 2.24) is 0 Å². The van der Waals surface area contributed by atoms with Crippen molar-refractivity contribution in [3.8, 4) is 0 Å². The zero-order valence-corrected chi connectivity index (χ0v) is 29.3. The van der Waals surface area contributed by atoms with Crippen LogP contribution in [0.2, 0.25) is 0 Å². The molecular weight excluding hydrogens is 564 g/mol. The minimum atomic E-state index is -0.289. The second kappa shape index (κ2) is 10.5. The summed E-state index contributed by atoms with van der Waals surface area (Å²) in [5.74, 6) is 1.12. The normalized spacial score (nSPS) is 48.1. The number of rotatable bonds is 7. The number of carbonyl (C=O) groups excluding carboxylic acids is 1. The van der Waals surface area contributed by atoms with Gasteiger partial charge in [-0.3, -0.25) is 0 Å². The van der Waals surface area contributed by atoms with Gasteiger partial charge in [0, 0.05) is 32.7 Å². The number of ether oxygens (including phenoxy) is 5. The fourth-order valence-electron chi connectivity index (χ4n) is 13.1. The Kier molecular flexibility index (Phi) is 7.50. The molecule has 0 N–H and O–H groups in total. The van der Waals surface area contributed by atoms with E-state index in [0.29, 0.717) is 28.7 Å². The molecule has 0 aromatic heterocycles. The Labute approximate surface area is 271 Å². The highest BCUT2D eigenvalue weighted by Gasteiger charge is 2.85. The highest BCUT2D eigenvalue weighted by atomic mass is 16.6. The standard InChI is InChI=1S/C39H58O6/c1-34(2)29(45-33(40)24-13-11-10-12-14-24)17-18-39-23-38(39)20-19-36(5)31(25-15-16-30(44-25)35(3,4)43-9)27(42-8)22-37(36,6)28(38)21-26(41-7)32(34)39/h10-14,25-32H,15-23H2,1-9H3/t25?,26-,27-,28?,29-,30-,31-,32-,36+,37-,38?,39+/m0/s1. The second-order valence-corrected chi connectivity index (χ2v) is 17.5. The number of fused-ring (bicyclic) bond motifs is 2. The minimum absolute atomic E-state index is 0.115. The molecule has 6 heteroatoms. The van der Waals surface area contributed by atoms with E-state index in [1.807, 2.05) is 44.6 Å². The van der Waals surface area contributed by atoms with Crippen LogP contribution in [0.15, 0.2) is 30.3 Å². The van der Waals surface area contributed by atoms with Gasteiger partial charge >= 0.3 is 5.97 Å². The molecule has 1 aliphatic heterocycles. The lowest BCUT2D eigenvalue weighted by molar-refractivity contribution is -0.208. The van der Waals surface area contributed by atoms with Gasteiger partial charge in [-0.15, -0.1) is 0 Å². The molecule has 2 spiro atoms. The predicted octanol–water partition coefficient (Wildman–Crippen LogP) is 7.87. The molecule has 6 aliphatic rings. The Balaban J connectivity index is 1.18. The molecule has 45 heavy (non-hydrogen) atoms. The first-order valence-electron chi connectivity index (χ1n) is 17.8. The first kappa shape index (κ1) is 32.1. The molecule has 1 heterocycles. The van der Waals surface area contributed by atoms with E-state index in [4.69, 9.17) is 23.7 Å². The van der Waals surface area contributed by atoms with Gasteiger partial charge in [0.2, 0.25) is 0 Å². The fraction of sp³-hybridized carbons (Fsp3) is 0.821. The van der Waals surface area contributed by atoms with Gasteiger partial charge in [-0.05, 0) is 117 Å². The summed E-state index contributed by atoms with van der Waals surface area (Å²) >= 11 is 0. The topological polar surface area (TPSA) is 63.2 Å². The van der Waals surface area contributed by atoms with Crippen LogP contribution in [-0.2, 0) is 23.7 Å². The van der Waals surface area contributed by atoms with E-state index in [1.165, 1.54) is 19.3 Å². The Hall–Kier alpha value is -1.47. The summed E-state index contributed by atoms with van der Waals surface area (Å²) in [7, 11) is 5.66. The summed E-state index contributed by atoms with van der Waals surface area (Å²) in [5.41, 5.74) is 1.02. The summed E-state index contributed by atoms with van der Waals surface area (Å²) in [6.45, 7) is 14.2. The third-order valence-electron chi connectivity index (χ3n) is 15.6. The van der Waals surface area contributed by atoms with Gasteiger partial charge in [0.15, 0.2) is 0 Å². The van der Waals surface area contributed by atoms with Gasteiger partial charge in [0.05, 0.1) is 35.6 Å². The van der Waals surface area contributed by atoms with E-state index in [-0.39, 0.29) is 63.8 Å². The van der Waals surface area contributed by atoms with Gasteiger partial charge < -0.3 is 23.7 Å². The summed E-state index contributed by atoms with van der Waals surface area (Å²) in [6.07, 6.45) is 10.7. The van der Waals surface area contributed by atoms with Crippen LogP contribution in [0.5, 0.6) is 0 Å². The lowest BCUT2D eigenvalue weighted by Crippen LogP contribution is -2.62. The average molecular weight is 623 g/mol. The Morgan fingerprint density at radius 2 is 1.58 bits per heavy atom. The maximum Gasteiger partial charge on any atom is 0.338 e. The van der Waals surface area contributed by atoms with Crippen molar-refractivity contribution < 1.29 is 28.5 Å². The van der Waals surface area contributed by atoms with E-state index in [1.54, 1.807) is 7.11 Å². The lowest BCUT2D eigenvalue weighted by atomic mass is 9.41. The van der Waals surface area contributed by atoms with E-state index < -0.39 is 0 Å². The molecule has 5 saturated carbocycles. The van der Waals surface area contributed by atoms with Crippen molar-refractivity contribution >= 4 is 5.97 Å². The molecule has 1 aromatic rings. The van der Waals surface area contributed by atoms with Gasteiger partial charge in [-0.25, -0.2) is 4.79 Å². The molecular formula is C39H58O6. The molecule has 250 valence electrons. The smallest absolute Gasteiger partial charge is 0.338 e. The number of methoxy groups -OCH3 is 3. The lowest BCUT2D eigenvalue weighted by Gasteiger charge is -2.64. The van der Waals surface area contributed by atoms with Crippen LogP contribution in [0.4, 0.5) is 0 Å². The van der Waals surface area contributed by atoms with Gasteiger partial charge in [0.1, 0.15) is 6.10 Å². The number of benzene rings is 1. The highest BCUT2D eigenvalue weighted by molar-refractivity contribution is 5.89. The summed E-state index contributed by atoms with van der Waals surface area (Å²) < 4.78 is 32.1. The van der Waals surface area contributed by atoms with Crippen LogP contribution in [0.1, 0.15) is 110 Å². The molecule has 5 aliphatic carbocycles. The van der Waals surface area contributed by atoms with Crippen LogP contribution < -0.4 is 0 Å². The second-order valence-electron chi connectivity index (χ2n) is 17.5. The molecule has 6 fully saturated rings. The molecule has 1 saturated heterocycles. The van der Waals surface area contributed by atoms with Crippen LogP contribution in [-0.4, -0.2) is 63.4 Å². The van der Waals surface area contributed by atoms with Gasteiger partial charge in [-0.2, -0.15) is 0 Å². The van der Waals surface area contributed by atoms with Crippen LogP contribution in [0.3, 0.4) is 0 Å². The van der Waals surface area contributed by atoms with E-state index in [9.17, 15) is 4.79 Å². The number of hydrogen-bond acceptors (Lipinski definition) is 6. The molecule has 0 bridgehead atoms. The van der Waals surface area contributed by atoms with Crippen molar-refractivity contribution in [3.63, 3.8) is 0 Å². The monoisotopic (exact) mass is 622 g/mol. The molecule has 1 aromatic carbocycles. The van der Waals surface area contributed by atoms with E-state index in [2.05, 4.69) is 41.5 Å². The van der Waals surface area contributed by atoms with Crippen LogP contribution in [0, 0.1) is 44.8 Å². The molecule has 0 amide bonds. The summed E-state index contributed by atoms with van der Waals surface area (Å²) in [4.78, 5) is 13.2.